The zero-order chi connectivity index (χ0) is 21.9. The van der Waals surface area contributed by atoms with Crippen molar-refractivity contribution in [1.82, 2.24) is 0 Å². The molecule has 0 atom stereocenters. The normalized spacial score (nSPS) is 11.5. The lowest BCUT2D eigenvalue weighted by Gasteiger charge is -2.10. The van der Waals surface area contributed by atoms with Crippen LogP contribution in [0.4, 0.5) is 0 Å². The summed E-state index contributed by atoms with van der Waals surface area (Å²) in [6.45, 7) is 20.2. The van der Waals surface area contributed by atoms with Crippen LogP contribution in [0.2, 0.25) is 0 Å². The van der Waals surface area contributed by atoms with Gasteiger partial charge in [-0.1, -0.05) is 123 Å². The summed E-state index contributed by atoms with van der Waals surface area (Å²) in [6.07, 6.45) is 15.6. The molecule has 0 bridgehead atoms. The lowest BCUT2D eigenvalue weighted by molar-refractivity contribution is 1.58. The zero-order valence-electron chi connectivity index (χ0n) is 18.1. The largest absolute Gasteiger partial charge is 0.0991 e. The maximum absolute atomic E-state index is 4.31. The van der Waals surface area contributed by atoms with Crippen LogP contribution in [-0.4, -0.2) is 0 Å². The van der Waals surface area contributed by atoms with E-state index in [-0.39, 0.29) is 0 Å². The van der Waals surface area contributed by atoms with Crippen LogP contribution in [0.1, 0.15) is 36.1 Å². The van der Waals surface area contributed by atoms with E-state index in [1.54, 1.807) is 6.08 Å². The van der Waals surface area contributed by atoms with E-state index in [4.69, 9.17) is 0 Å². The van der Waals surface area contributed by atoms with Crippen LogP contribution in [0.5, 0.6) is 0 Å². The predicted octanol–water partition coefficient (Wildman–Crippen LogP) is 8.98. The third kappa shape index (κ3) is 5.46. The molecule has 0 nitrogen and oxygen atoms in total. The van der Waals surface area contributed by atoms with Crippen LogP contribution in [-0.2, 0) is 0 Å². The molecule has 150 valence electrons. The van der Waals surface area contributed by atoms with Crippen molar-refractivity contribution in [3.8, 4) is 0 Å². The van der Waals surface area contributed by atoms with Crippen LogP contribution in [0, 0.1) is 0 Å². The highest BCUT2D eigenvalue weighted by Gasteiger charge is 2.06. The molecular weight excluding hydrogens is 360 g/mol. The van der Waals surface area contributed by atoms with Crippen LogP contribution in [0.15, 0.2) is 111 Å². The Morgan fingerprint density at radius 2 is 1.33 bits per heavy atom. The maximum Gasteiger partial charge on any atom is -0.00995 e. The van der Waals surface area contributed by atoms with Gasteiger partial charge in [-0.25, -0.2) is 0 Å². The molecule has 0 heterocycles. The Bertz CT molecular complexity index is 1120. The van der Waals surface area contributed by atoms with E-state index in [1.807, 2.05) is 37.3 Å². The first kappa shape index (κ1) is 22.6. The van der Waals surface area contributed by atoms with Crippen molar-refractivity contribution < 1.29 is 0 Å². The van der Waals surface area contributed by atoms with Gasteiger partial charge in [0.25, 0.3) is 0 Å². The van der Waals surface area contributed by atoms with Crippen molar-refractivity contribution in [1.29, 1.82) is 0 Å². The lowest BCUT2D eigenvalue weighted by atomic mass is 9.94. The first-order valence-corrected chi connectivity index (χ1v) is 10.0. The van der Waals surface area contributed by atoms with Crippen molar-refractivity contribution >= 4 is 34.1 Å². The summed E-state index contributed by atoms with van der Waals surface area (Å²) in [7, 11) is 0. The third-order valence-electron chi connectivity index (χ3n) is 4.88. The van der Waals surface area contributed by atoms with Gasteiger partial charge in [0.1, 0.15) is 0 Å². The number of rotatable bonds is 7. The first-order valence-electron chi connectivity index (χ1n) is 10.0. The topological polar surface area (TPSA) is 0 Å². The first-order chi connectivity index (χ1) is 14.6. The molecule has 2 aromatic carbocycles. The Morgan fingerprint density at radius 1 is 0.767 bits per heavy atom. The molecule has 0 spiro atoms. The summed E-state index contributed by atoms with van der Waals surface area (Å²) in [6, 6.07) is 16.9. The van der Waals surface area contributed by atoms with Crippen LogP contribution in [0.25, 0.3) is 34.1 Å². The molecule has 2 aromatic rings. The van der Waals surface area contributed by atoms with E-state index in [0.717, 1.165) is 38.6 Å². The van der Waals surface area contributed by atoms with Gasteiger partial charge in [-0.3, -0.25) is 0 Å². The van der Waals surface area contributed by atoms with Gasteiger partial charge in [0.2, 0.25) is 0 Å². The number of allylic oxidation sites excluding steroid dienone is 8. The van der Waals surface area contributed by atoms with Gasteiger partial charge >= 0.3 is 0 Å². The van der Waals surface area contributed by atoms with Gasteiger partial charge in [-0.2, -0.15) is 0 Å². The molecule has 2 rings (SSSR count). The Labute approximate surface area is 181 Å². The summed E-state index contributed by atoms with van der Waals surface area (Å²) in [5.74, 6) is 0. The summed E-state index contributed by atoms with van der Waals surface area (Å²) in [4.78, 5) is 0. The fraction of sp³-hybridized carbons (Fsp3) is 0.0667. The molecule has 0 saturated carbocycles. The van der Waals surface area contributed by atoms with Crippen LogP contribution in [0.3, 0.4) is 0 Å². The molecule has 0 saturated heterocycles. The minimum atomic E-state index is 0.918. The monoisotopic (exact) mass is 390 g/mol. The third-order valence-corrected chi connectivity index (χ3v) is 4.88. The van der Waals surface area contributed by atoms with E-state index in [1.165, 1.54) is 5.57 Å². The Kier molecular flexibility index (Phi) is 8.59. The van der Waals surface area contributed by atoms with Crippen molar-refractivity contribution in [2.45, 2.75) is 13.8 Å². The highest BCUT2D eigenvalue weighted by molar-refractivity contribution is 6.00. The van der Waals surface area contributed by atoms with E-state index in [9.17, 15) is 0 Å². The van der Waals surface area contributed by atoms with Crippen LogP contribution < -0.4 is 0 Å². The van der Waals surface area contributed by atoms with Gasteiger partial charge in [0.15, 0.2) is 0 Å². The highest BCUT2D eigenvalue weighted by atomic mass is 14.1. The summed E-state index contributed by atoms with van der Waals surface area (Å²) in [5.41, 5.74) is 6.33. The molecule has 0 aliphatic carbocycles. The predicted molar refractivity (Wildman–Crippen MR) is 139 cm³/mol. The molecule has 0 heteroatoms. The summed E-state index contributed by atoms with van der Waals surface area (Å²) < 4.78 is 0. The second-order valence-corrected chi connectivity index (χ2v) is 6.85. The highest BCUT2D eigenvalue weighted by Crippen LogP contribution is 2.29. The van der Waals surface area contributed by atoms with E-state index in [0.29, 0.717) is 0 Å². The number of hydrogen-bond donors (Lipinski definition) is 0. The van der Waals surface area contributed by atoms with Gasteiger partial charge < -0.3 is 0 Å². The SMILES string of the molecule is C=CC=CC(=C)c1ccc(C=C)c(C=C)ccc(C(C)=CC=CC)c2ccccc12. The average Bonchev–Trinajstić information content (AvgIpc) is 2.77. The van der Waals surface area contributed by atoms with E-state index < -0.39 is 0 Å². The van der Waals surface area contributed by atoms with Crippen molar-refractivity contribution in [3.05, 3.63) is 134 Å². The van der Waals surface area contributed by atoms with E-state index >= 15 is 0 Å². The van der Waals surface area contributed by atoms with Gasteiger partial charge in [0, 0.05) is 0 Å². The molecule has 0 N–H and O–H groups in total. The van der Waals surface area contributed by atoms with Gasteiger partial charge in [-0.15, -0.1) is 0 Å². The summed E-state index contributed by atoms with van der Waals surface area (Å²) >= 11 is 0. The smallest absolute Gasteiger partial charge is 0.00995 e. The molecule has 0 aromatic heterocycles. The summed E-state index contributed by atoms with van der Waals surface area (Å²) in [5, 5.41) is 2.29. The fourth-order valence-corrected chi connectivity index (χ4v) is 3.27. The molecule has 0 amide bonds. The van der Waals surface area contributed by atoms with Gasteiger partial charge in [-0.05, 0) is 58.0 Å². The number of fused-ring (bicyclic) bond motifs is 1. The van der Waals surface area contributed by atoms with Crippen molar-refractivity contribution in [2.24, 2.45) is 0 Å². The second-order valence-electron chi connectivity index (χ2n) is 6.85. The Morgan fingerprint density at radius 3 is 1.87 bits per heavy atom. The Balaban J connectivity index is 3.14. The molecule has 0 unspecified atom stereocenters. The minimum absolute atomic E-state index is 0.918. The van der Waals surface area contributed by atoms with E-state index in [2.05, 4.69) is 93.9 Å². The molecule has 0 fully saturated rings. The molecule has 0 aliphatic heterocycles. The number of benzene rings is 1. The lowest BCUT2D eigenvalue weighted by Crippen LogP contribution is -1.87. The fourth-order valence-electron chi connectivity index (χ4n) is 3.27. The second kappa shape index (κ2) is 11.4. The molecule has 30 heavy (non-hydrogen) atoms. The molecule has 0 radical (unpaired) electrons. The standard InChI is InChI=1S/C30H30/c1-7-11-15-23(5)27-21-19-25(9-3)26(10-4)20-22-28(24(6)16-12-8-2)30-18-14-13-17-29(27)30/h7-22H,1,3-5H2,2,6H3. The van der Waals surface area contributed by atoms with Crippen molar-refractivity contribution in [2.75, 3.05) is 0 Å². The minimum Gasteiger partial charge on any atom is -0.0991 e. The molecule has 0 aliphatic rings. The number of hydrogen-bond acceptors (Lipinski definition) is 0. The zero-order valence-corrected chi connectivity index (χ0v) is 18.1. The average molecular weight is 391 g/mol. The van der Waals surface area contributed by atoms with Crippen molar-refractivity contribution in [3.63, 3.8) is 0 Å². The van der Waals surface area contributed by atoms with Gasteiger partial charge in [0.05, 0.1) is 0 Å². The Hall–Kier alpha value is -3.64. The molecular formula is C30H30. The van der Waals surface area contributed by atoms with Crippen LogP contribution >= 0.6 is 0 Å². The quantitative estimate of drug-likeness (QED) is 0.414. The maximum atomic E-state index is 4.31.